The number of hydrogen-bond acceptors (Lipinski definition) is 6. The third kappa shape index (κ3) is 3.73. The second-order valence-corrected chi connectivity index (χ2v) is 7.76. The Kier molecular flexibility index (Phi) is 5.04. The summed E-state index contributed by atoms with van der Waals surface area (Å²) in [5.41, 5.74) is 3.07. The number of pyridine rings is 1. The van der Waals surface area contributed by atoms with E-state index in [1.54, 1.807) is 6.20 Å². The molecule has 7 nitrogen and oxygen atoms in total. The summed E-state index contributed by atoms with van der Waals surface area (Å²) in [7, 11) is 0. The molecular weight excluding hydrogens is 392 g/mol. The number of hydrogen-bond donors (Lipinski definition) is 1. The van der Waals surface area contributed by atoms with Gasteiger partial charge in [-0.2, -0.15) is 5.26 Å². The number of piperidine rings is 1. The number of carbonyl (C=O) groups excluding carboxylic acids is 1. The van der Waals surface area contributed by atoms with E-state index < -0.39 is 0 Å². The molecule has 1 saturated heterocycles. The number of para-hydroxylation sites is 1. The van der Waals surface area contributed by atoms with E-state index >= 15 is 0 Å². The zero-order valence-electron chi connectivity index (χ0n) is 17.0. The van der Waals surface area contributed by atoms with Crippen LogP contribution in [0.5, 0.6) is 11.5 Å². The average molecular weight is 414 g/mol. The number of amides is 1. The van der Waals surface area contributed by atoms with Crippen LogP contribution in [0.2, 0.25) is 0 Å². The maximum Gasteiger partial charge on any atom is 0.227 e. The summed E-state index contributed by atoms with van der Waals surface area (Å²) in [5, 5.41) is 13.6. The van der Waals surface area contributed by atoms with Gasteiger partial charge < -0.3 is 19.7 Å². The molecule has 0 atom stereocenters. The van der Waals surface area contributed by atoms with Crippen LogP contribution in [0.1, 0.15) is 18.4 Å². The molecule has 1 aromatic heterocycles. The zero-order chi connectivity index (χ0) is 21.2. The average Bonchev–Trinajstić information content (AvgIpc) is 2.83. The maximum atomic E-state index is 12.9. The van der Waals surface area contributed by atoms with Gasteiger partial charge >= 0.3 is 0 Å². The van der Waals surface area contributed by atoms with Gasteiger partial charge in [0, 0.05) is 42.3 Å². The molecule has 2 aliphatic heterocycles. The first-order valence-electron chi connectivity index (χ1n) is 10.5. The molecule has 0 spiro atoms. The maximum absolute atomic E-state index is 12.9. The Morgan fingerprint density at radius 2 is 1.87 bits per heavy atom. The number of carbonyl (C=O) groups is 1. The molecule has 3 aromatic rings. The highest BCUT2D eigenvalue weighted by atomic mass is 16.6. The third-order valence-corrected chi connectivity index (χ3v) is 5.86. The molecule has 1 fully saturated rings. The summed E-state index contributed by atoms with van der Waals surface area (Å²) in [6.07, 6.45) is 3.08. The predicted octanol–water partition coefficient (Wildman–Crippen LogP) is 3.73. The first-order chi connectivity index (χ1) is 15.2. The fourth-order valence-electron chi connectivity index (χ4n) is 4.28. The minimum absolute atomic E-state index is 0.0106. The van der Waals surface area contributed by atoms with Crippen molar-refractivity contribution in [3.05, 3.63) is 54.2 Å². The molecule has 0 radical (unpaired) electrons. The van der Waals surface area contributed by atoms with Gasteiger partial charge in [-0.05, 0) is 31.0 Å². The van der Waals surface area contributed by atoms with Crippen LogP contribution in [0.4, 0.5) is 11.4 Å². The van der Waals surface area contributed by atoms with E-state index in [9.17, 15) is 10.1 Å². The van der Waals surface area contributed by atoms with Crippen molar-refractivity contribution in [2.24, 2.45) is 5.92 Å². The van der Waals surface area contributed by atoms with E-state index in [1.165, 1.54) is 0 Å². The topological polar surface area (TPSA) is 87.5 Å². The Bertz CT molecular complexity index is 1180. The minimum atomic E-state index is -0.0805. The molecule has 0 aliphatic carbocycles. The van der Waals surface area contributed by atoms with Gasteiger partial charge in [-0.25, -0.2) is 0 Å². The molecule has 1 amide bonds. The van der Waals surface area contributed by atoms with E-state index in [4.69, 9.17) is 9.47 Å². The molecule has 3 heterocycles. The summed E-state index contributed by atoms with van der Waals surface area (Å²) in [4.78, 5) is 19.5. The van der Waals surface area contributed by atoms with Gasteiger partial charge in [-0.1, -0.05) is 18.2 Å². The Balaban J connectivity index is 1.28. The number of nitriles is 1. The van der Waals surface area contributed by atoms with E-state index in [-0.39, 0.29) is 11.8 Å². The van der Waals surface area contributed by atoms with Crippen molar-refractivity contribution in [3.8, 4) is 17.6 Å². The first-order valence-corrected chi connectivity index (χ1v) is 10.5. The molecule has 2 aliphatic rings. The largest absolute Gasteiger partial charge is 0.486 e. The number of anilines is 2. The molecule has 0 saturated carbocycles. The van der Waals surface area contributed by atoms with Crippen molar-refractivity contribution >= 4 is 28.2 Å². The van der Waals surface area contributed by atoms with E-state index in [0.717, 1.165) is 29.4 Å². The van der Waals surface area contributed by atoms with Crippen molar-refractivity contribution in [2.75, 3.05) is 36.5 Å². The Morgan fingerprint density at radius 3 is 2.68 bits per heavy atom. The summed E-state index contributed by atoms with van der Waals surface area (Å²) >= 11 is 0. The number of aromatic nitrogens is 1. The standard InChI is InChI=1S/C24H22N4O3/c25-14-17-15-26-20-4-2-1-3-19(20)23(17)28-9-7-16(8-10-28)24(29)27-18-5-6-21-22(13-18)31-12-11-30-21/h1-6,13,15-16H,7-12H2,(H,27,29). The van der Waals surface area contributed by atoms with Crippen LogP contribution >= 0.6 is 0 Å². The van der Waals surface area contributed by atoms with Crippen molar-refractivity contribution in [1.82, 2.24) is 4.98 Å². The summed E-state index contributed by atoms with van der Waals surface area (Å²) < 4.78 is 11.1. The van der Waals surface area contributed by atoms with Gasteiger partial charge in [0.15, 0.2) is 11.5 Å². The predicted molar refractivity (Wildman–Crippen MR) is 117 cm³/mol. The Labute approximate surface area is 180 Å². The number of rotatable bonds is 3. The lowest BCUT2D eigenvalue weighted by Crippen LogP contribution is -2.38. The molecular formula is C24H22N4O3. The summed E-state index contributed by atoms with van der Waals surface area (Å²) in [5.74, 6) is 1.29. The monoisotopic (exact) mass is 414 g/mol. The molecule has 31 heavy (non-hydrogen) atoms. The van der Waals surface area contributed by atoms with Crippen LogP contribution in [0.25, 0.3) is 10.9 Å². The van der Waals surface area contributed by atoms with Crippen molar-refractivity contribution in [2.45, 2.75) is 12.8 Å². The second kappa shape index (κ2) is 8.15. The summed E-state index contributed by atoms with van der Waals surface area (Å²) in [6, 6.07) is 15.6. The zero-order valence-corrected chi connectivity index (χ0v) is 17.0. The lowest BCUT2D eigenvalue weighted by molar-refractivity contribution is -0.120. The lowest BCUT2D eigenvalue weighted by atomic mass is 9.94. The van der Waals surface area contributed by atoms with E-state index in [2.05, 4.69) is 21.3 Å². The second-order valence-electron chi connectivity index (χ2n) is 7.76. The van der Waals surface area contributed by atoms with Gasteiger partial charge in [0.25, 0.3) is 0 Å². The number of nitrogens with one attached hydrogen (secondary N) is 1. The van der Waals surface area contributed by atoms with Crippen LogP contribution in [-0.2, 0) is 4.79 Å². The SMILES string of the molecule is N#Cc1cnc2ccccc2c1N1CCC(C(=O)Nc2ccc3c(c2)OCCO3)CC1. The van der Waals surface area contributed by atoms with Crippen molar-refractivity contribution in [1.29, 1.82) is 5.26 Å². The summed E-state index contributed by atoms with van der Waals surface area (Å²) in [6.45, 7) is 2.47. The molecule has 7 heteroatoms. The third-order valence-electron chi connectivity index (χ3n) is 5.86. The fourth-order valence-corrected chi connectivity index (χ4v) is 4.28. The smallest absolute Gasteiger partial charge is 0.227 e. The number of ether oxygens (including phenoxy) is 2. The quantitative estimate of drug-likeness (QED) is 0.703. The molecule has 2 aromatic carbocycles. The molecule has 0 unspecified atom stereocenters. The van der Waals surface area contributed by atoms with Crippen LogP contribution < -0.4 is 19.7 Å². The van der Waals surface area contributed by atoms with Gasteiger partial charge in [-0.3, -0.25) is 9.78 Å². The fraction of sp³-hybridized carbons (Fsp3) is 0.292. The Morgan fingerprint density at radius 1 is 1.10 bits per heavy atom. The van der Waals surface area contributed by atoms with Gasteiger partial charge in [0.1, 0.15) is 19.3 Å². The minimum Gasteiger partial charge on any atom is -0.486 e. The van der Waals surface area contributed by atoms with E-state index in [0.29, 0.717) is 49.1 Å². The Hall–Kier alpha value is -3.79. The molecule has 156 valence electrons. The molecule has 5 rings (SSSR count). The van der Waals surface area contributed by atoms with Crippen LogP contribution in [0.3, 0.4) is 0 Å². The van der Waals surface area contributed by atoms with Crippen LogP contribution in [-0.4, -0.2) is 37.2 Å². The van der Waals surface area contributed by atoms with E-state index in [1.807, 2.05) is 42.5 Å². The van der Waals surface area contributed by atoms with Gasteiger partial charge in [0.05, 0.1) is 16.8 Å². The number of nitrogens with zero attached hydrogens (tertiary/aromatic N) is 3. The highest BCUT2D eigenvalue weighted by Gasteiger charge is 2.27. The first kappa shape index (κ1) is 19.2. The van der Waals surface area contributed by atoms with Crippen LogP contribution in [0, 0.1) is 17.2 Å². The van der Waals surface area contributed by atoms with Gasteiger partial charge in [0.2, 0.25) is 5.91 Å². The number of fused-ring (bicyclic) bond motifs is 2. The van der Waals surface area contributed by atoms with Crippen molar-refractivity contribution < 1.29 is 14.3 Å². The molecule has 1 N–H and O–H groups in total. The van der Waals surface area contributed by atoms with Crippen LogP contribution in [0.15, 0.2) is 48.7 Å². The lowest BCUT2D eigenvalue weighted by Gasteiger charge is -2.34. The van der Waals surface area contributed by atoms with Crippen molar-refractivity contribution in [3.63, 3.8) is 0 Å². The molecule has 0 bridgehead atoms. The highest BCUT2D eigenvalue weighted by molar-refractivity contribution is 5.95. The highest BCUT2D eigenvalue weighted by Crippen LogP contribution is 2.34. The number of benzene rings is 2. The normalized spacial score (nSPS) is 16.0. The van der Waals surface area contributed by atoms with Gasteiger partial charge in [-0.15, -0.1) is 0 Å².